The Kier molecular flexibility index (Phi) is 4.59. The van der Waals surface area contributed by atoms with Crippen LogP contribution in [-0.4, -0.2) is 16.9 Å². The molecule has 0 saturated heterocycles. The molecule has 1 amide bonds. The van der Waals surface area contributed by atoms with Gasteiger partial charge in [0.25, 0.3) is 0 Å². The Bertz CT molecular complexity index is 209. The molecule has 0 spiro atoms. The molecule has 2 N–H and O–H groups in total. The van der Waals surface area contributed by atoms with Crippen molar-refractivity contribution >= 4 is 11.7 Å². The summed E-state index contributed by atoms with van der Waals surface area (Å²) in [6, 6.07) is 0. The first-order valence-electron chi connectivity index (χ1n) is 5.19. The average molecular weight is 199 g/mol. The van der Waals surface area contributed by atoms with Crippen molar-refractivity contribution in [3.05, 3.63) is 0 Å². The van der Waals surface area contributed by atoms with Crippen molar-refractivity contribution in [3.8, 4) is 0 Å². The number of amides is 1. The van der Waals surface area contributed by atoms with Crippen molar-refractivity contribution in [1.82, 2.24) is 5.48 Å². The van der Waals surface area contributed by atoms with Gasteiger partial charge in [0.1, 0.15) is 5.78 Å². The first kappa shape index (κ1) is 11.2. The molecular formula is C10H17NO3. The predicted molar refractivity (Wildman–Crippen MR) is 50.7 cm³/mol. The summed E-state index contributed by atoms with van der Waals surface area (Å²) in [7, 11) is 0. The van der Waals surface area contributed by atoms with Gasteiger partial charge >= 0.3 is 0 Å². The zero-order chi connectivity index (χ0) is 10.4. The van der Waals surface area contributed by atoms with E-state index in [0.29, 0.717) is 0 Å². The predicted octanol–water partition coefficient (Wildman–Crippen LogP) is 1.42. The Hall–Kier alpha value is -0.900. The summed E-state index contributed by atoms with van der Waals surface area (Å²) in [6.45, 7) is 0. The maximum absolute atomic E-state index is 11.6. The van der Waals surface area contributed by atoms with Gasteiger partial charge in [0.05, 0.1) is 0 Å². The summed E-state index contributed by atoms with van der Waals surface area (Å²) < 4.78 is 0. The summed E-state index contributed by atoms with van der Waals surface area (Å²) in [5.41, 5.74) is 1.53. The molecule has 80 valence electrons. The van der Waals surface area contributed by atoms with E-state index in [1.807, 2.05) is 0 Å². The number of carbonyl (C=O) groups is 2. The third-order valence-electron chi connectivity index (χ3n) is 2.78. The minimum Gasteiger partial charge on any atom is -0.299 e. The maximum Gasteiger partial charge on any atom is 0.243 e. The van der Waals surface area contributed by atoms with E-state index in [0.717, 1.165) is 25.7 Å². The van der Waals surface area contributed by atoms with Gasteiger partial charge in [0.15, 0.2) is 0 Å². The van der Waals surface area contributed by atoms with Gasteiger partial charge in [-0.05, 0) is 12.8 Å². The fourth-order valence-corrected chi connectivity index (χ4v) is 1.92. The van der Waals surface area contributed by atoms with Crippen LogP contribution >= 0.6 is 0 Å². The molecule has 14 heavy (non-hydrogen) atoms. The van der Waals surface area contributed by atoms with Gasteiger partial charge in [-0.3, -0.25) is 14.8 Å². The second-order valence-corrected chi connectivity index (χ2v) is 3.84. The second-order valence-electron chi connectivity index (χ2n) is 3.84. The van der Waals surface area contributed by atoms with Gasteiger partial charge in [0.2, 0.25) is 5.91 Å². The molecular weight excluding hydrogens is 182 g/mol. The number of carbonyl (C=O) groups excluding carboxylic acids is 2. The average Bonchev–Trinajstić information content (AvgIpc) is 2.26. The highest BCUT2D eigenvalue weighted by atomic mass is 16.5. The zero-order valence-electron chi connectivity index (χ0n) is 8.29. The van der Waals surface area contributed by atoms with Gasteiger partial charge in [-0.2, -0.15) is 0 Å². The molecule has 0 radical (unpaired) electrons. The standard InChI is InChI=1S/C10H17NO3/c12-9(6-7-10(13)11-14)8-4-2-1-3-5-8/h8,14H,1-7H2,(H,11,13). The first-order chi connectivity index (χ1) is 6.74. The minimum absolute atomic E-state index is 0.103. The van der Waals surface area contributed by atoms with Crippen LogP contribution in [0.15, 0.2) is 0 Å². The van der Waals surface area contributed by atoms with E-state index < -0.39 is 5.91 Å². The summed E-state index contributed by atoms with van der Waals surface area (Å²) in [5, 5.41) is 8.25. The fourth-order valence-electron chi connectivity index (χ4n) is 1.92. The third-order valence-corrected chi connectivity index (χ3v) is 2.78. The largest absolute Gasteiger partial charge is 0.299 e. The van der Waals surface area contributed by atoms with Gasteiger partial charge in [0, 0.05) is 18.8 Å². The molecule has 1 rings (SSSR count). The molecule has 0 aromatic rings. The molecule has 0 bridgehead atoms. The molecule has 1 fully saturated rings. The van der Waals surface area contributed by atoms with E-state index in [4.69, 9.17) is 5.21 Å². The van der Waals surface area contributed by atoms with Crippen LogP contribution in [0, 0.1) is 5.92 Å². The number of hydrogen-bond donors (Lipinski definition) is 2. The van der Waals surface area contributed by atoms with Crippen LogP contribution in [-0.2, 0) is 9.59 Å². The Morgan fingerprint density at radius 2 is 1.79 bits per heavy atom. The van der Waals surface area contributed by atoms with Crippen LogP contribution in [0.25, 0.3) is 0 Å². The topological polar surface area (TPSA) is 66.4 Å². The van der Waals surface area contributed by atoms with Crippen molar-refractivity contribution < 1.29 is 14.8 Å². The Balaban J connectivity index is 2.23. The highest BCUT2D eigenvalue weighted by Crippen LogP contribution is 2.25. The molecule has 4 nitrogen and oxygen atoms in total. The number of Topliss-reactive ketones (excluding diaryl/α,β-unsaturated/α-hetero) is 1. The lowest BCUT2D eigenvalue weighted by molar-refractivity contribution is -0.132. The van der Waals surface area contributed by atoms with E-state index >= 15 is 0 Å². The van der Waals surface area contributed by atoms with Crippen molar-refractivity contribution in [1.29, 1.82) is 0 Å². The van der Waals surface area contributed by atoms with Crippen LogP contribution in [0.1, 0.15) is 44.9 Å². The molecule has 0 atom stereocenters. The second kappa shape index (κ2) is 5.75. The summed E-state index contributed by atoms with van der Waals surface area (Å²) >= 11 is 0. The van der Waals surface area contributed by atoms with Crippen molar-refractivity contribution in [2.75, 3.05) is 0 Å². The van der Waals surface area contributed by atoms with Crippen molar-refractivity contribution in [2.24, 2.45) is 5.92 Å². The van der Waals surface area contributed by atoms with Crippen molar-refractivity contribution in [3.63, 3.8) is 0 Å². The molecule has 0 aliphatic heterocycles. The van der Waals surface area contributed by atoms with Crippen LogP contribution in [0.2, 0.25) is 0 Å². The van der Waals surface area contributed by atoms with Crippen LogP contribution < -0.4 is 5.48 Å². The summed E-state index contributed by atoms with van der Waals surface area (Å²) in [6.07, 6.45) is 5.79. The minimum atomic E-state index is -0.478. The fraction of sp³-hybridized carbons (Fsp3) is 0.800. The molecule has 0 aromatic heterocycles. The summed E-state index contributed by atoms with van der Waals surface area (Å²) in [4.78, 5) is 22.2. The van der Waals surface area contributed by atoms with Crippen molar-refractivity contribution in [2.45, 2.75) is 44.9 Å². The number of nitrogens with one attached hydrogen (secondary N) is 1. The number of rotatable bonds is 4. The number of hydroxylamine groups is 1. The van der Waals surface area contributed by atoms with Crippen LogP contribution in [0.4, 0.5) is 0 Å². The molecule has 1 aliphatic carbocycles. The van der Waals surface area contributed by atoms with Gasteiger partial charge < -0.3 is 0 Å². The third kappa shape index (κ3) is 3.46. The lowest BCUT2D eigenvalue weighted by Crippen LogP contribution is -2.22. The first-order valence-corrected chi connectivity index (χ1v) is 5.19. The Labute approximate surface area is 83.6 Å². The van der Waals surface area contributed by atoms with E-state index in [-0.39, 0.29) is 24.5 Å². The molecule has 4 heteroatoms. The lowest BCUT2D eigenvalue weighted by atomic mass is 9.85. The normalized spacial score (nSPS) is 17.8. The molecule has 0 aromatic carbocycles. The molecule has 0 unspecified atom stereocenters. The summed E-state index contributed by atoms with van der Waals surface area (Å²) in [5.74, 6) is -0.141. The van der Waals surface area contributed by atoms with E-state index in [9.17, 15) is 9.59 Å². The van der Waals surface area contributed by atoms with E-state index in [1.54, 1.807) is 0 Å². The number of hydrogen-bond acceptors (Lipinski definition) is 3. The van der Waals surface area contributed by atoms with Gasteiger partial charge in [-0.15, -0.1) is 0 Å². The highest BCUT2D eigenvalue weighted by molar-refractivity contribution is 5.86. The van der Waals surface area contributed by atoms with Crippen LogP contribution in [0.3, 0.4) is 0 Å². The Morgan fingerprint density at radius 3 is 2.36 bits per heavy atom. The lowest BCUT2D eigenvalue weighted by Gasteiger charge is -2.19. The Morgan fingerprint density at radius 1 is 1.14 bits per heavy atom. The monoisotopic (exact) mass is 199 g/mol. The highest BCUT2D eigenvalue weighted by Gasteiger charge is 2.21. The maximum atomic E-state index is 11.6. The van der Waals surface area contributed by atoms with Gasteiger partial charge in [-0.25, -0.2) is 5.48 Å². The molecule has 1 aliphatic rings. The van der Waals surface area contributed by atoms with E-state index in [1.165, 1.54) is 11.9 Å². The smallest absolute Gasteiger partial charge is 0.243 e. The van der Waals surface area contributed by atoms with E-state index in [2.05, 4.69) is 0 Å². The van der Waals surface area contributed by atoms with Gasteiger partial charge in [-0.1, -0.05) is 19.3 Å². The molecule has 1 saturated carbocycles. The van der Waals surface area contributed by atoms with Crippen LogP contribution in [0.5, 0.6) is 0 Å². The quantitative estimate of drug-likeness (QED) is 0.531. The number of ketones is 1. The molecule has 0 heterocycles. The zero-order valence-corrected chi connectivity index (χ0v) is 8.29. The SMILES string of the molecule is O=C(CCC(=O)C1CCCCC1)NO.